The van der Waals surface area contributed by atoms with Crippen LogP contribution in [-0.2, 0) is 11.3 Å². The molecule has 6 nitrogen and oxygen atoms in total. The largest absolute Gasteiger partial charge is 0.481 e. The van der Waals surface area contributed by atoms with Gasteiger partial charge in [-0.1, -0.05) is 12.1 Å². The Labute approximate surface area is 135 Å². The summed E-state index contributed by atoms with van der Waals surface area (Å²) >= 11 is 0. The summed E-state index contributed by atoms with van der Waals surface area (Å²) in [7, 11) is 0. The first-order valence-electron chi connectivity index (χ1n) is 6.43. The third-order valence-electron chi connectivity index (χ3n) is 3.69. The molecule has 0 unspecified atom stereocenters. The minimum absolute atomic E-state index is 0. The molecule has 0 bridgehead atoms. The lowest BCUT2D eigenvalue weighted by Gasteiger charge is -2.18. The van der Waals surface area contributed by atoms with Gasteiger partial charge in [0.2, 0.25) is 0 Å². The second-order valence-corrected chi connectivity index (χ2v) is 5.21. The topological polar surface area (TPSA) is 83.7 Å². The number of aliphatic carboxylic acids is 1. The highest BCUT2D eigenvalue weighted by Crippen LogP contribution is 2.38. The maximum Gasteiger partial charge on any atom is 0.393 e. The van der Waals surface area contributed by atoms with E-state index in [2.05, 4.69) is 0 Å². The Balaban J connectivity index is 0.00000264. The van der Waals surface area contributed by atoms with Crippen molar-refractivity contribution in [3.63, 3.8) is 0 Å². The second-order valence-electron chi connectivity index (χ2n) is 5.21. The predicted molar refractivity (Wildman–Crippen MR) is 76.3 cm³/mol. The number of benzene rings is 1. The minimum atomic E-state index is -4.56. The van der Waals surface area contributed by atoms with Crippen molar-refractivity contribution in [1.82, 2.24) is 4.90 Å². The lowest BCUT2D eigenvalue weighted by molar-refractivity contribution is -0.384. The molecule has 1 aliphatic heterocycles. The summed E-state index contributed by atoms with van der Waals surface area (Å²) in [5, 5.41) is 19.5. The van der Waals surface area contributed by atoms with Gasteiger partial charge in [0.15, 0.2) is 0 Å². The van der Waals surface area contributed by atoms with Crippen LogP contribution in [0.2, 0.25) is 0 Å². The number of halogens is 4. The Bertz CT molecular complexity index is 580. The number of nitro benzene ring substituents is 1. The molecule has 1 fully saturated rings. The molecule has 1 saturated heterocycles. The number of carboxylic acids is 1. The first kappa shape index (κ1) is 19.2. The normalized spacial score (nSPS) is 21.7. The molecule has 2 rings (SSSR count). The van der Waals surface area contributed by atoms with Crippen LogP contribution >= 0.6 is 12.4 Å². The number of nitro groups is 1. The number of carbonyl (C=O) groups is 1. The molecule has 128 valence electrons. The van der Waals surface area contributed by atoms with Crippen molar-refractivity contribution in [2.45, 2.75) is 12.7 Å². The zero-order valence-corrected chi connectivity index (χ0v) is 12.5. The fourth-order valence-corrected chi connectivity index (χ4v) is 2.58. The van der Waals surface area contributed by atoms with Gasteiger partial charge in [-0.2, -0.15) is 13.2 Å². The first-order chi connectivity index (χ1) is 10.2. The van der Waals surface area contributed by atoms with Crippen molar-refractivity contribution < 1.29 is 28.0 Å². The summed E-state index contributed by atoms with van der Waals surface area (Å²) in [6, 6.07) is 5.44. The van der Waals surface area contributed by atoms with Gasteiger partial charge < -0.3 is 5.11 Å². The van der Waals surface area contributed by atoms with Crippen molar-refractivity contribution in [3.05, 3.63) is 39.9 Å². The molecule has 0 aliphatic carbocycles. The molecule has 1 aliphatic rings. The van der Waals surface area contributed by atoms with Crippen molar-refractivity contribution >= 4 is 24.1 Å². The van der Waals surface area contributed by atoms with E-state index < -0.39 is 35.4 Å². The van der Waals surface area contributed by atoms with E-state index in [1.165, 1.54) is 29.2 Å². The highest BCUT2D eigenvalue weighted by Gasteiger charge is 2.52. The molecule has 1 aromatic rings. The zero-order valence-electron chi connectivity index (χ0n) is 11.7. The van der Waals surface area contributed by atoms with Gasteiger partial charge in [-0.25, -0.2) is 0 Å². The molecule has 0 saturated carbocycles. The minimum Gasteiger partial charge on any atom is -0.481 e. The summed E-state index contributed by atoms with van der Waals surface area (Å²) in [6.07, 6.45) is -4.56. The number of hydrogen-bond donors (Lipinski definition) is 1. The molecule has 0 spiro atoms. The van der Waals surface area contributed by atoms with Crippen molar-refractivity contribution in [3.8, 4) is 0 Å². The van der Waals surface area contributed by atoms with Gasteiger partial charge >= 0.3 is 12.1 Å². The van der Waals surface area contributed by atoms with Gasteiger partial charge in [0.25, 0.3) is 5.69 Å². The van der Waals surface area contributed by atoms with Crippen LogP contribution in [-0.4, -0.2) is 40.2 Å². The average molecular weight is 355 g/mol. The Morgan fingerprint density at radius 3 is 2.26 bits per heavy atom. The van der Waals surface area contributed by atoms with E-state index in [4.69, 9.17) is 5.11 Å². The highest BCUT2D eigenvalue weighted by atomic mass is 35.5. The second kappa shape index (κ2) is 7.14. The van der Waals surface area contributed by atoms with Crippen LogP contribution in [0.1, 0.15) is 5.56 Å². The number of hydrogen-bond acceptors (Lipinski definition) is 4. The molecule has 1 N–H and O–H groups in total. The quantitative estimate of drug-likeness (QED) is 0.664. The van der Waals surface area contributed by atoms with E-state index in [9.17, 15) is 28.1 Å². The van der Waals surface area contributed by atoms with Gasteiger partial charge in [0, 0.05) is 31.8 Å². The number of non-ortho nitro benzene ring substituents is 1. The van der Waals surface area contributed by atoms with E-state index in [1.807, 2.05) is 0 Å². The van der Waals surface area contributed by atoms with E-state index in [0.29, 0.717) is 5.56 Å². The lowest BCUT2D eigenvalue weighted by atomic mass is 9.96. The van der Waals surface area contributed by atoms with E-state index in [-0.39, 0.29) is 31.2 Å². The van der Waals surface area contributed by atoms with Crippen LogP contribution < -0.4 is 0 Å². The zero-order chi connectivity index (χ0) is 16.5. The van der Waals surface area contributed by atoms with Crippen LogP contribution in [0.5, 0.6) is 0 Å². The van der Waals surface area contributed by atoms with Gasteiger partial charge in [0.1, 0.15) is 0 Å². The van der Waals surface area contributed by atoms with Crippen molar-refractivity contribution in [1.29, 1.82) is 0 Å². The van der Waals surface area contributed by atoms with Crippen LogP contribution in [0.3, 0.4) is 0 Å². The number of nitrogens with zero attached hydrogens (tertiary/aromatic N) is 2. The van der Waals surface area contributed by atoms with E-state index in [0.717, 1.165) is 0 Å². The lowest BCUT2D eigenvalue weighted by Crippen LogP contribution is -2.33. The Morgan fingerprint density at radius 2 is 1.87 bits per heavy atom. The van der Waals surface area contributed by atoms with Crippen LogP contribution in [0.15, 0.2) is 24.3 Å². The van der Waals surface area contributed by atoms with Gasteiger partial charge in [-0.05, 0) is 5.56 Å². The summed E-state index contributed by atoms with van der Waals surface area (Å²) in [5.41, 5.74) is 0.485. The molecule has 23 heavy (non-hydrogen) atoms. The van der Waals surface area contributed by atoms with Crippen LogP contribution in [0, 0.1) is 22.0 Å². The summed E-state index contributed by atoms with van der Waals surface area (Å²) in [6.45, 7) is -0.470. The average Bonchev–Trinajstić information content (AvgIpc) is 2.83. The Morgan fingerprint density at radius 1 is 1.30 bits per heavy atom. The smallest absolute Gasteiger partial charge is 0.393 e. The highest BCUT2D eigenvalue weighted by molar-refractivity contribution is 5.85. The van der Waals surface area contributed by atoms with Gasteiger partial charge in [0.05, 0.1) is 16.8 Å². The van der Waals surface area contributed by atoms with E-state index >= 15 is 0 Å². The SMILES string of the molecule is Cl.O=C(O)[C@@H]1CN(Cc2ccc([N+](=O)[O-])cc2)C[C@H]1C(F)(F)F. The third kappa shape index (κ3) is 4.55. The number of rotatable bonds is 4. The van der Waals surface area contributed by atoms with Crippen LogP contribution in [0.4, 0.5) is 18.9 Å². The molecular formula is C13H14ClF3N2O4. The van der Waals surface area contributed by atoms with Crippen molar-refractivity contribution in [2.24, 2.45) is 11.8 Å². The molecule has 2 atom stereocenters. The van der Waals surface area contributed by atoms with Crippen molar-refractivity contribution in [2.75, 3.05) is 13.1 Å². The molecule has 1 aromatic carbocycles. The summed E-state index contributed by atoms with van der Waals surface area (Å²) < 4.78 is 38.6. The molecule has 1 heterocycles. The maximum atomic E-state index is 12.9. The van der Waals surface area contributed by atoms with Gasteiger partial charge in [-0.3, -0.25) is 19.8 Å². The van der Waals surface area contributed by atoms with Crippen LogP contribution in [0.25, 0.3) is 0 Å². The Hall–Kier alpha value is -1.87. The summed E-state index contributed by atoms with van der Waals surface area (Å²) in [4.78, 5) is 22.3. The predicted octanol–water partition coefficient (Wildman–Crippen LogP) is 2.71. The number of likely N-dealkylation sites (tertiary alicyclic amines) is 1. The Kier molecular flexibility index (Phi) is 5.95. The molecule has 10 heteroatoms. The molecule has 0 aromatic heterocycles. The summed E-state index contributed by atoms with van der Waals surface area (Å²) in [5.74, 6) is -4.85. The number of carboxylic acid groups (broad SMARTS) is 1. The first-order valence-corrected chi connectivity index (χ1v) is 6.43. The molecule has 0 radical (unpaired) electrons. The molecular weight excluding hydrogens is 341 g/mol. The standard InChI is InChI=1S/C13H13F3N2O4.ClH/c14-13(15,16)11-7-17(6-10(11)12(19)20)5-8-1-3-9(4-2-8)18(21)22;/h1-4,10-11H,5-7H2,(H,19,20);1H/t10-,11-;/m1./s1. The van der Waals surface area contributed by atoms with E-state index in [1.54, 1.807) is 0 Å². The number of alkyl halides is 3. The fourth-order valence-electron chi connectivity index (χ4n) is 2.58. The molecule has 0 amide bonds. The maximum absolute atomic E-state index is 12.9. The fraction of sp³-hybridized carbons (Fsp3) is 0.462. The monoisotopic (exact) mass is 354 g/mol. The van der Waals surface area contributed by atoms with Gasteiger partial charge in [-0.15, -0.1) is 12.4 Å². The third-order valence-corrected chi connectivity index (χ3v) is 3.69.